The molecular weight excluding hydrogens is 192 g/mol. The molecule has 1 aromatic heterocycles. The molecule has 1 aromatic rings. The molecule has 15 heavy (non-hydrogen) atoms. The fourth-order valence-electron chi connectivity index (χ4n) is 1.15. The highest BCUT2D eigenvalue weighted by molar-refractivity contribution is 5.84. The van der Waals surface area contributed by atoms with Crippen LogP contribution in [0.5, 0.6) is 0 Å². The van der Waals surface area contributed by atoms with Crippen LogP contribution in [0, 0.1) is 13.8 Å². The van der Waals surface area contributed by atoms with E-state index in [-0.39, 0.29) is 5.69 Å². The number of hydrogen-bond donors (Lipinski definition) is 1. The minimum Gasteiger partial charge on any atom is -0.476 e. The van der Waals surface area contributed by atoms with Gasteiger partial charge < -0.3 is 5.11 Å². The van der Waals surface area contributed by atoms with Crippen LogP contribution in [-0.2, 0) is 7.05 Å². The van der Waals surface area contributed by atoms with Crippen molar-refractivity contribution >= 4 is 5.97 Å². The number of hydrogen-bond acceptors (Lipinski definition) is 2. The summed E-state index contributed by atoms with van der Waals surface area (Å²) in [4.78, 5) is 10.8. The van der Waals surface area contributed by atoms with E-state index in [1.807, 2.05) is 26.0 Å². The first-order chi connectivity index (χ1) is 7.00. The smallest absolute Gasteiger partial charge is 0.356 e. The molecule has 0 spiro atoms. The summed E-state index contributed by atoms with van der Waals surface area (Å²) in [5, 5.41) is 12.8. The molecule has 1 N–H and O–H groups in total. The van der Waals surface area contributed by atoms with Crippen LogP contribution in [-0.4, -0.2) is 20.9 Å². The Hall–Kier alpha value is -1.84. The van der Waals surface area contributed by atoms with Crippen molar-refractivity contribution in [2.75, 3.05) is 0 Å². The second-order valence-corrected chi connectivity index (χ2v) is 3.37. The first-order valence-electron chi connectivity index (χ1n) is 4.59. The number of aryl methyl sites for hydroxylation is 3. The Kier molecular flexibility index (Phi) is 3.44. The SMILES string of the molecule is Cc1cccc(C(=O)O)nn(C)c(C)c1. The first-order valence-corrected chi connectivity index (χ1v) is 4.59. The van der Waals surface area contributed by atoms with Gasteiger partial charge in [-0.25, -0.2) is 4.79 Å². The van der Waals surface area contributed by atoms with E-state index >= 15 is 0 Å². The largest absolute Gasteiger partial charge is 0.476 e. The Labute approximate surface area is 88.5 Å². The predicted octanol–water partition coefficient (Wildman–Crippen LogP) is 1.86. The van der Waals surface area contributed by atoms with Crippen LogP contribution < -0.4 is 0 Å². The molecule has 0 amide bonds. The number of carboxylic acids is 1. The fourth-order valence-corrected chi connectivity index (χ4v) is 1.15. The number of aromatic nitrogens is 2. The van der Waals surface area contributed by atoms with Gasteiger partial charge in [0.2, 0.25) is 0 Å². The van der Waals surface area contributed by atoms with E-state index in [0.29, 0.717) is 0 Å². The van der Waals surface area contributed by atoms with Crippen molar-refractivity contribution in [2.45, 2.75) is 13.8 Å². The molecule has 0 saturated heterocycles. The summed E-state index contributed by atoms with van der Waals surface area (Å²) in [6.07, 6.45) is 0. The molecule has 4 nitrogen and oxygen atoms in total. The third-order valence-corrected chi connectivity index (χ3v) is 2.04. The quantitative estimate of drug-likeness (QED) is 0.763. The third-order valence-electron chi connectivity index (χ3n) is 2.04. The minimum absolute atomic E-state index is 0.0243. The highest BCUT2D eigenvalue weighted by Crippen LogP contribution is 1.98. The van der Waals surface area contributed by atoms with E-state index in [9.17, 15) is 4.79 Å². The minimum atomic E-state index is -1.03. The second-order valence-electron chi connectivity index (χ2n) is 3.37. The molecule has 1 heterocycles. The zero-order valence-electron chi connectivity index (χ0n) is 9.06. The van der Waals surface area contributed by atoms with Crippen molar-refractivity contribution < 1.29 is 9.90 Å². The normalized spacial score (nSPS) is 9.53. The summed E-state index contributed by atoms with van der Waals surface area (Å²) in [6, 6.07) is 6.96. The van der Waals surface area contributed by atoms with Gasteiger partial charge in [-0.2, -0.15) is 5.10 Å². The summed E-state index contributed by atoms with van der Waals surface area (Å²) >= 11 is 0. The molecule has 0 unspecified atom stereocenters. The summed E-state index contributed by atoms with van der Waals surface area (Å²) < 4.78 is 1.55. The molecule has 0 fully saturated rings. The Morgan fingerprint density at radius 1 is 1.40 bits per heavy atom. The van der Waals surface area contributed by atoms with Gasteiger partial charge in [0.05, 0.1) is 0 Å². The number of nitrogens with zero attached hydrogens (tertiary/aromatic N) is 2. The molecule has 0 aliphatic rings. The predicted molar refractivity (Wildman–Crippen MR) is 57.3 cm³/mol. The standard InChI is InChI=1S/C11H14N2O2/c1-8-5-4-6-10(11(14)15)12-13(3)9(2)7-8/h4-7H,1-3H3,(H,14,15). The highest BCUT2D eigenvalue weighted by atomic mass is 16.4. The maximum absolute atomic E-state index is 10.8. The van der Waals surface area contributed by atoms with Crippen LogP contribution in [0.2, 0.25) is 0 Å². The summed E-state index contributed by atoms with van der Waals surface area (Å²) in [5.41, 5.74) is 1.97. The average Bonchev–Trinajstić information content (AvgIpc) is 2.19. The highest BCUT2D eigenvalue weighted by Gasteiger charge is 2.01. The Morgan fingerprint density at radius 2 is 2.07 bits per heavy atom. The molecule has 1 rings (SSSR count). The van der Waals surface area contributed by atoms with E-state index in [4.69, 9.17) is 5.11 Å². The number of carbonyl (C=O) groups is 1. The average molecular weight is 206 g/mol. The number of rotatable bonds is 1. The van der Waals surface area contributed by atoms with Crippen LogP contribution in [0.25, 0.3) is 0 Å². The van der Waals surface area contributed by atoms with Crippen LogP contribution in [0.15, 0.2) is 24.3 Å². The van der Waals surface area contributed by atoms with Crippen molar-refractivity contribution in [1.29, 1.82) is 0 Å². The molecular formula is C11H14N2O2. The number of aromatic carboxylic acids is 1. The van der Waals surface area contributed by atoms with Crippen molar-refractivity contribution in [3.8, 4) is 0 Å². The third kappa shape index (κ3) is 3.09. The van der Waals surface area contributed by atoms with Gasteiger partial charge in [0.25, 0.3) is 0 Å². The van der Waals surface area contributed by atoms with Crippen molar-refractivity contribution in [1.82, 2.24) is 9.78 Å². The zero-order chi connectivity index (χ0) is 11.4. The Balaban J connectivity index is 3.53. The molecule has 0 saturated carbocycles. The maximum atomic E-state index is 10.8. The van der Waals surface area contributed by atoms with E-state index in [1.165, 1.54) is 6.07 Å². The zero-order valence-corrected chi connectivity index (χ0v) is 9.06. The topological polar surface area (TPSA) is 55.1 Å². The number of carboxylic acid groups (broad SMARTS) is 1. The van der Waals surface area contributed by atoms with Crippen molar-refractivity contribution in [3.05, 3.63) is 41.2 Å². The van der Waals surface area contributed by atoms with Crippen LogP contribution >= 0.6 is 0 Å². The molecule has 4 heteroatoms. The Bertz CT molecular complexity index is 434. The lowest BCUT2D eigenvalue weighted by atomic mass is 10.3. The first kappa shape index (κ1) is 11.2. The molecule has 0 aliphatic heterocycles. The molecule has 0 aliphatic carbocycles. The molecule has 0 radical (unpaired) electrons. The van der Waals surface area contributed by atoms with E-state index in [2.05, 4.69) is 5.10 Å². The monoisotopic (exact) mass is 206 g/mol. The van der Waals surface area contributed by atoms with Gasteiger partial charge in [-0.05, 0) is 31.5 Å². The summed E-state index contributed by atoms with van der Waals surface area (Å²) in [5.74, 6) is -1.03. The van der Waals surface area contributed by atoms with Gasteiger partial charge in [-0.15, -0.1) is 0 Å². The van der Waals surface area contributed by atoms with Crippen LogP contribution in [0.3, 0.4) is 0 Å². The van der Waals surface area contributed by atoms with Gasteiger partial charge in [0.15, 0.2) is 5.69 Å². The van der Waals surface area contributed by atoms with E-state index < -0.39 is 5.97 Å². The van der Waals surface area contributed by atoms with Crippen LogP contribution in [0.1, 0.15) is 21.7 Å². The molecule has 0 bridgehead atoms. The van der Waals surface area contributed by atoms with Gasteiger partial charge in [-0.1, -0.05) is 12.1 Å². The fraction of sp³-hybridized carbons (Fsp3) is 0.273. The summed E-state index contributed by atoms with van der Waals surface area (Å²) in [7, 11) is 1.72. The van der Waals surface area contributed by atoms with E-state index in [0.717, 1.165) is 11.3 Å². The molecule has 80 valence electrons. The Morgan fingerprint density at radius 3 is 2.67 bits per heavy atom. The van der Waals surface area contributed by atoms with Gasteiger partial charge >= 0.3 is 5.97 Å². The van der Waals surface area contributed by atoms with Crippen molar-refractivity contribution in [3.63, 3.8) is 0 Å². The maximum Gasteiger partial charge on any atom is 0.356 e. The van der Waals surface area contributed by atoms with Crippen molar-refractivity contribution in [2.24, 2.45) is 7.05 Å². The lowest BCUT2D eigenvalue weighted by molar-refractivity contribution is 0.0688. The van der Waals surface area contributed by atoms with Gasteiger partial charge in [0, 0.05) is 12.7 Å². The van der Waals surface area contributed by atoms with Crippen LogP contribution in [0.4, 0.5) is 0 Å². The summed E-state index contributed by atoms with van der Waals surface area (Å²) in [6.45, 7) is 3.83. The van der Waals surface area contributed by atoms with E-state index in [1.54, 1.807) is 17.8 Å². The lowest BCUT2D eigenvalue weighted by Crippen LogP contribution is -2.06. The molecule has 0 atom stereocenters. The van der Waals surface area contributed by atoms with Gasteiger partial charge in [-0.3, -0.25) is 4.68 Å². The molecule has 0 aromatic carbocycles. The van der Waals surface area contributed by atoms with Gasteiger partial charge in [0.1, 0.15) is 0 Å². The lowest BCUT2D eigenvalue weighted by Gasteiger charge is -1.98. The second kappa shape index (κ2) is 4.59.